The van der Waals surface area contributed by atoms with Gasteiger partial charge in [0.1, 0.15) is 5.60 Å². The molecule has 0 unspecified atom stereocenters. The van der Waals surface area contributed by atoms with Crippen molar-refractivity contribution < 1.29 is 42.2 Å². The Balaban J connectivity index is 1.09. The molecule has 304 valence electrons. The van der Waals surface area contributed by atoms with Crippen molar-refractivity contribution >= 4 is 41.0 Å². The molecule has 4 heterocycles. The molecule has 6 rings (SSSR count). The smallest absolute Gasteiger partial charge is 0.410 e. The largest absolute Gasteiger partial charge is 0.494 e. The van der Waals surface area contributed by atoms with Crippen molar-refractivity contribution in [2.75, 3.05) is 52.3 Å². The van der Waals surface area contributed by atoms with Crippen LogP contribution in [-0.2, 0) is 25.5 Å². The number of rotatable bonds is 10. The zero-order valence-electron chi connectivity index (χ0n) is 33.1. The van der Waals surface area contributed by atoms with Gasteiger partial charge < -0.3 is 34.6 Å². The molecule has 0 bridgehead atoms. The molecule has 2 aromatic carbocycles. The average molecular weight is 790 g/mol. The Labute approximate surface area is 329 Å². The van der Waals surface area contributed by atoms with Crippen molar-refractivity contribution in [1.82, 2.24) is 29.5 Å². The number of hydrogen-bond acceptors (Lipinski definition) is 10. The summed E-state index contributed by atoms with van der Waals surface area (Å²) in [5.74, 6) is -3.04. The van der Waals surface area contributed by atoms with Gasteiger partial charge in [-0.15, -0.1) is 0 Å². The fourth-order valence-corrected chi connectivity index (χ4v) is 7.48. The van der Waals surface area contributed by atoms with Gasteiger partial charge in [-0.05, 0) is 88.8 Å². The van der Waals surface area contributed by atoms with Crippen molar-refractivity contribution in [2.24, 2.45) is 11.3 Å². The molecule has 4 aromatic rings. The van der Waals surface area contributed by atoms with Gasteiger partial charge >= 0.3 is 12.1 Å². The first kappa shape index (κ1) is 40.9. The summed E-state index contributed by atoms with van der Waals surface area (Å²) in [5, 5.41) is 6.19. The molecule has 0 radical (unpaired) electrons. The number of amides is 3. The molecule has 0 spiro atoms. The Bertz CT molecular complexity index is 2150. The van der Waals surface area contributed by atoms with E-state index in [1.807, 2.05) is 33.8 Å². The highest BCUT2D eigenvalue weighted by atomic mass is 19.2. The number of carbonyl (C=O) groups excluding carboxylic acids is 4. The predicted octanol–water partition coefficient (Wildman–Crippen LogP) is 6.15. The number of aromatic nitrogens is 3. The SMILES string of the molecule is CCc1cc(Nc2nccn3c(-c4ccc(OC)c(F)c4F)cnc23)ccc1C(=O)NCC1(C(=O)OC)CCN(C(=O)C2CCN(C(=O)OC(C)(C)C)CC2)CC1. The number of nitrogens with zero attached hydrogens (tertiary/aromatic N) is 5. The van der Waals surface area contributed by atoms with E-state index in [0.717, 1.165) is 5.56 Å². The number of halogens is 2. The summed E-state index contributed by atoms with van der Waals surface area (Å²) in [6, 6.07) is 8.00. The highest BCUT2D eigenvalue weighted by molar-refractivity contribution is 5.96. The summed E-state index contributed by atoms with van der Waals surface area (Å²) >= 11 is 0. The highest BCUT2D eigenvalue weighted by Gasteiger charge is 2.45. The fourth-order valence-electron chi connectivity index (χ4n) is 7.48. The maximum absolute atomic E-state index is 15.0. The summed E-state index contributed by atoms with van der Waals surface area (Å²) in [6.45, 7) is 8.94. The summed E-state index contributed by atoms with van der Waals surface area (Å²) in [5.41, 5.74) is 0.860. The lowest BCUT2D eigenvalue weighted by Gasteiger charge is -2.41. The highest BCUT2D eigenvalue weighted by Crippen LogP contribution is 2.35. The number of ether oxygens (including phenoxy) is 3. The summed E-state index contributed by atoms with van der Waals surface area (Å²) < 4.78 is 46.7. The van der Waals surface area contributed by atoms with E-state index >= 15 is 0 Å². The molecule has 0 saturated carbocycles. The van der Waals surface area contributed by atoms with Crippen LogP contribution in [0.1, 0.15) is 69.3 Å². The van der Waals surface area contributed by atoms with Gasteiger partial charge in [0, 0.05) is 67.8 Å². The Morgan fingerprint density at radius 3 is 2.32 bits per heavy atom. The van der Waals surface area contributed by atoms with Crippen LogP contribution in [0.2, 0.25) is 0 Å². The monoisotopic (exact) mass is 789 g/mol. The topological polar surface area (TPSA) is 157 Å². The Kier molecular flexibility index (Phi) is 12.0. The molecule has 16 heteroatoms. The molecule has 2 saturated heterocycles. The molecule has 2 aliphatic rings. The van der Waals surface area contributed by atoms with E-state index < -0.39 is 28.6 Å². The third-order valence-electron chi connectivity index (χ3n) is 10.7. The van der Waals surface area contributed by atoms with Gasteiger partial charge in [-0.3, -0.25) is 18.8 Å². The Morgan fingerprint density at radius 2 is 1.67 bits per heavy atom. The average Bonchev–Trinajstić information content (AvgIpc) is 3.64. The summed E-state index contributed by atoms with van der Waals surface area (Å²) in [6.07, 6.45) is 6.38. The van der Waals surface area contributed by atoms with Gasteiger partial charge in [0.05, 0.1) is 31.5 Å². The first-order valence-corrected chi connectivity index (χ1v) is 19.1. The van der Waals surface area contributed by atoms with Gasteiger partial charge in [0.15, 0.2) is 23.0 Å². The molecule has 57 heavy (non-hydrogen) atoms. The van der Waals surface area contributed by atoms with Gasteiger partial charge in [-0.2, -0.15) is 4.39 Å². The quantitative estimate of drug-likeness (QED) is 0.179. The molecule has 0 aliphatic carbocycles. The number of methoxy groups -OCH3 is 2. The van der Waals surface area contributed by atoms with E-state index in [4.69, 9.17) is 14.2 Å². The maximum atomic E-state index is 15.0. The third-order valence-corrected chi connectivity index (χ3v) is 10.7. The fraction of sp³-hybridized carbons (Fsp3) is 0.463. The standard InChI is InChI=1S/C41H49F2N7O7/c1-7-25-22-27(47-34-35-45-23-30(50(35)21-16-44-34)29-10-11-31(55-5)33(43)32(29)42)8-9-28(25)36(51)46-24-41(38(53)56-6)14-19-48(20-15-41)37(52)26-12-17-49(18-13-26)39(54)57-40(2,3)4/h8-11,16,21-23,26H,7,12-15,17-20,24H2,1-6H3,(H,44,47)(H,46,51). The number of piperidine rings is 2. The first-order valence-electron chi connectivity index (χ1n) is 19.1. The lowest BCUT2D eigenvalue weighted by atomic mass is 9.77. The minimum absolute atomic E-state index is 0.00335. The summed E-state index contributed by atoms with van der Waals surface area (Å²) in [7, 11) is 2.58. The number of imidazole rings is 1. The molecule has 3 amide bonds. The molecule has 2 N–H and O–H groups in total. The van der Waals surface area contributed by atoms with Crippen LogP contribution in [0.3, 0.4) is 0 Å². The molecule has 2 fully saturated rings. The van der Waals surface area contributed by atoms with E-state index in [1.165, 1.54) is 38.7 Å². The first-order chi connectivity index (χ1) is 27.2. The normalized spacial score (nSPS) is 15.9. The van der Waals surface area contributed by atoms with E-state index in [9.17, 15) is 28.0 Å². The minimum Gasteiger partial charge on any atom is -0.494 e. The van der Waals surface area contributed by atoms with Crippen LogP contribution in [0.5, 0.6) is 5.75 Å². The van der Waals surface area contributed by atoms with Crippen molar-refractivity contribution in [3.05, 3.63) is 71.7 Å². The molecule has 2 aromatic heterocycles. The molecular formula is C41H49F2N7O7. The number of aryl methyl sites for hydroxylation is 1. The van der Waals surface area contributed by atoms with Crippen LogP contribution in [0.4, 0.5) is 25.1 Å². The number of fused-ring (bicyclic) bond motifs is 1. The number of hydrogen-bond donors (Lipinski definition) is 2. The van der Waals surface area contributed by atoms with Gasteiger partial charge in [0.2, 0.25) is 11.7 Å². The maximum Gasteiger partial charge on any atom is 0.410 e. The van der Waals surface area contributed by atoms with E-state index in [0.29, 0.717) is 86.7 Å². The number of benzene rings is 2. The van der Waals surface area contributed by atoms with Gasteiger partial charge in [0.25, 0.3) is 5.91 Å². The lowest BCUT2D eigenvalue weighted by Crippen LogP contribution is -2.53. The molecule has 2 aliphatic heterocycles. The summed E-state index contributed by atoms with van der Waals surface area (Å²) in [4.78, 5) is 65.1. The van der Waals surface area contributed by atoms with Crippen molar-refractivity contribution in [3.63, 3.8) is 0 Å². The molecule has 14 nitrogen and oxygen atoms in total. The van der Waals surface area contributed by atoms with Crippen molar-refractivity contribution in [1.29, 1.82) is 0 Å². The van der Waals surface area contributed by atoms with Crippen molar-refractivity contribution in [3.8, 4) is 17.0 Å². The van der Waals surface area contributed by atoms with E-state index in [-0.39, 0.29) is 41.7 Å². The Morgan fingerprint density at radius 1 is 0.947 bits per heavy atom. The van der Waals surface area contributed by atoms with Gasteiger partial charge in [-0.25, -0.2) is 19.2 Å². The zero-order chi connectivity index (χ0) is 41.1. The van der Waals surface area contributed by atoms with E-state index in [2.05, 4.69) is 20.6 Å². The second kappa shape index (κ2) is 16.7. The molecular weight excluding hydrogens is 740 g/mol. The van der Waals surface area contributed by atoms with Gasteiger partial charge in [-0.1, -0.05) is 6.92 Å². The second-order valence-electron chi connectivity index (χ2n) is 15.4. The minimum atomic E-state index is -1.10. The number of carbonyl (C=O) groups is 4. The van der Waals surface area contributed by atoms with Crippen molar-refractivity contribution in [2.45, 2.75) is 65.4 Å². The predicted molar refractivity (Wildman–Crippen MR) is 207 cm³/mol. The number of likely N-dealkylation sites (tertiary alicyclic amines) is 2. The number of anilines is 2. The number of esters is 1. The molecule has 0 atom stereocenters. The van der Waals surface area contributed by atoms with Crippen LogP contribution in [-0.4, -0.2) is 101 Å². The lowest BCUT2D eigenvalue weighted by molar-refractivity contribution is -0.158. The van der Waals surface area contributed by atoms with E-state index in [1.54, 1.807) is 32.5 Å². The van der Waals surface area contributed by atoms with Crippen LogP contribution in [0, 0.1) is 23.0 Å². The van der Waals surface area contributed by atoms with Crippen LogP contribution < -0.4 is 15.4 Å². The van der Waals surface area contributed by atoms with Crippen LogP contribution in [0.25, 0.3) is 16.9 Å². The van der Waals surface area contributed by atoms with Crippen LogP contribution >= 0.6 is 0 Å². The Hall–Kier alpha value is -5.80. The zero-order valence-corrected chi connectivity index (χ0v) is 33.1. The van der Waals surface area contributed by atoms with Crippen LogP contribution in [0.15, 0.2) is 48.9 Å². The second-order valence-corrected chi connectivity index (χ2v) is 15.4. The number of nitrogens with one attached hydrogen (secondary N) is 2. The third kappa shape index (κ3) is 8.64.